The number of hydrogen-bond acceptors (Lipinski definition) is 3. The summed E-state index contributed by atoms with van der Waals surface area (Å²) in [6.45, 7) is 3.03. The molecule has 2 rings (SSSR count). The largest absolute Gasteiger partial charge is 0.369 e. The van der Waals surface area contributed by atoms with E-state index in [1.807, 2.05) is 12.1 Å². The van der Waals surface area contributed by atoms with Crippen molar-refractivity contribution < 1.29 is 0 Å². The van der Waals surface area contributed by atoms with Crippen molar-refractivity contribution in [3.8, 4) is 0 Å². The highest BCUT2D eigenvalue weighted by atomic mass is 35.5. The van der Waals surface area contributed by atoms with Gasteiger partial charge in [0.05, 0.1) is 0 Å². The van der Waals surface area contributed by atoms with Crippen molar-refractivity contribution in [2.45, 2.75) is 19.3 Å². The molecule has 0 bridgehead atoms. The van der Waals surface area contributed by atoms with Crippen LogP contribution in [0.4, 0.5) is 5.82 Å². The summed E-state index contributed by atoms with van der Waals surface area (Å²) >= 11 is 5.75. The van der Waals surface area contributed by atoms with E-state index in [4.69, 9.17) is 11.6 Å². The number of nitrogens with one attached hydrogen (secondary N) is 1. The van der Waals surface area contributed by atoms with Crippen LogP contribution in [-0.4, -0.2) is 16.5 Å². The molecule has 0 saturated carbocycles. The normalized spacial score (nSPS) is 12.1. The molecular weight excluding hydrogens is 246 g/mol. The molecule has 1 atom stereocenters. The van der Waals surface area contributed by atoms with Gasteiger partial charge in [0.1, 0.15) is 5.82 Å². The number of anilines is 1. The Morgan fingerprint density at radius 1 is 1.22 bits per heavy atom. The van der Waals surface area contributed by atoms with E-state index in [2.05, 4.69) is 46.5 Å². The summed E-state index contributed by atoms with van der Waals surface area (Å²) in [5.41, 5.74) is 1.34. The molecule has 0 amide bonds. The minimum Gasteiger partial charge on any atom is -0.369 e. The summed E-state index contributed by atoms with van der Waals surface area (Å²) in [6, 6.07) is 12.3. The first kappa shape index (κ1) is 12.8. The molecule has 0 saturated heterocycles. The maximum absolute atomic E-state index is 5.75. The fourth-order valence-corrected chi connectivity index (χ4v) is 2.03. The van der Waals surface area contributed by atoms with Gasteiger partial charge in [-0.3, -0.25) is 0 Å². The maximum atomic E-state index is 5.75. The van der Waals surface area contributed by atoms with E-state index in [0.717, 1.165) is 18.8 Å². The lowest BCUT2D eigenvalue weighted by Crippen LogP contribution is -2.13. The first-order valence-corrected chi connectivity index (χ1v) is 6.44. The topological polar surface area (TPSA) is 37.8 Å². The first-order chi connectivity index (χ1) is 8.79. The Balaban J connectivity index is 2.00. The van der Waals surface area contributed by atoms with E-state index in [-0.39, 0.29) is 5.28 Å². The number of rotatable bonds is 5. The third-order valence-electron chi connectivity index (χ3n) is 2.92. The Hall–Kier alpha value is -1.61. The predicted octanol–water partition coefficient (Wildman–Crippen LogP) is 3.74. The van der Waals surface area contributed by atoms with Crippen LogP contribution in [0.25, 0.3) is 0 Å². The van der Waals surface area contributed by atoms with Crippen molar-refractivity contribution in [1.82, 2.24) is 9.97 Å². The van der Waals surface area contributed by atoms with Gasteiger partial charge in [0, 0.05) is 18.7 Å². The monoisotopic (exact) mass is 261 g/mol. The Morgan fingerprint density at radius 2 is 2.00 bits per heavy atom. The molecule has 1 N–H and O–H groups in total. The standard InChI is InChI=1S/C14H16ClN3/c1-2-11(12-6-4-3-5-7-12)10-17-13-8-9-16-14(15)18-13/h3-9,11H,2,10H2,1H3,(H,16,17,18). The van der Waals surface area contributed by atoms with E-state index in [9.17, 15) is 0 Å². The molecule has 0 aliphatic rings. The average molecular weight is 262 g/mol. The zero-order chi connectivity index (χ0) is 12.8. The van der Waals surface area contributed by atoms with Crippen molar-refractivity contribution in [2.75, 3.05) is 11.9 Å². The highest BCUT2D eigenvalue weighted by molar-refractivity contribution is 6.28. The van der Waals surface area contributed by atoms with Crippen LogP contribution in [-0.2, 0) is 0 Å². The molecule has 1 aromatic heterocycles. The van der Waals surface area contributed by atoms with Crippen LogP contribution in [0.5, 0.6) is 0 Å². The van der Waals surface area contributed by atoms with Gasteiger partial charge in [-0.25, -0.2) is 9.97 Å². The highest BCUT2D eigenvalue weighted by Gasteiger charge is 2.08. The quantitative estimate of drug-likeness (QED) is 0.834. The molecule has 94 valence electrons. The van der Waals surface area contributed by atoms with Gasteiger partial charge in [-0.15, -0.1) is 0 Å². The molecule has 0 aliphatic carbocycles. The fourth-order valence-electron chi connectivity index (χ4n) is 1.88. The summed E-state index contributed by atoms with van der Waals surface area (Å²) in [4.78, 5) is 7.98. The second kappa shape index (κ2) is 6.36. The summed E-state index contributed by atoms with van der Waals surface area (Å²) in [7, 11) is 0. The SMILES string of the molecule is CCC(CNc1ccnc(Cl)n1)c1ccccc1. The number of hydrogen-bond donors (Lipinski definition) is 1. The minimum absolute atomic E-state index is 0.271. The molecule has 3 nitrogen and oxygen atoms in total. The molecule has 0 spiro atoms. The highest BCUT2D eigenvalue weighted by Crippen LogP contribution is 2.19. The first-order valence-electron chi connectivity index (χ1n) is 6.07. The second-order valence-corrected chi connectivity index (χ2v) is 4.45. The van der Waals surface area contributed by atoms with E-state index in [0.29, 0.717) is 5.92 Å². The van der Waals surface area contributed by atoms with Gasteiger partial charge in [0.25, 0.3) is 0 Å². The predicted molar refractivity (Wildman–Crippen MR) is 75.0 cm³/mol. The van der Waals surface area contributed by atoms with Crippen LogP contribution < -0.4 is 5.32 Å². The molecular formula is C14H16ClN3. The average Bonchev–Trinajstić information content (AvgIpc) is 2.41. The van der Waals surface area contributed by atoms with Crippen molar-refractivity contribution in [3.05, 3.63) is 53.4 Å². The van der Waals surface area contributed by atoms with Crippen molar-refractivity contribution in [2.24, 2.45) is 0 Å². The molecule has 0 radical (unpaired) electrons. The van der Waals surface area contributed by atoms with Gasteiger partial charge in [-0.2, -0.15) is 0 Å². The van der Waals surface area contributed by atoms with Gasteiger partial charge in [-0.1, -0.05) is 37.3 Å². The number of nitrogens with zero attached hydrogens (tertiary/aromatic N) is 2. The lowest BCUT2D eigenvalue weighted by Gasteiger charge is -2.16. The van der Waals surface area contributed by atoms with E-state index < -0.39 is 0 Å². The molecule has 2 aromatic rings. The summed E-state index contributed by atoms with van der Waals surface area (Å²) in [5, 5.41) is 3.57. The number of halogens is 1. The molecule has 1 aromatic carbocycles. The summed E-state index contributed by atoms with van der Waals surface area (Å²) in [5.74, 6) is 1.24. The van der Waals surface area contributed by atoms with E-state index in [1.165, 1.54) is 5.56 Å². The lowest BCUT2D eigenvalue weighted by atomic mass is 9.96. The number of benzene rings is 1. The molecule has 4 heteroatoms. The smallest absolute Gasteiger partial charge is 0.224 e. The Labute approximate surface area is 112 Å². The Bertz CT molecular complexity index is 487. The second-order valence-electron chi connectivity index (χ2n) is 4.11. The lowest BCUT2D eigenvalue weighted by molar-refractivity contribution is 0.693. The van der Waals surface area contributed by atoms with Crippen LogP contribution in [0, 0.1) is 0 Å². The van der Waals surface area contributed by atoms with E-state index in [1.54, 1.807) is 6.20 Å². The van der Waals surface area contributed by atoms with Gasteiger partial charge in [0.15, 0.2) is 0 Å². The van der Waals surface area contributed by atoms with Crippen LogP contribution in [0.2, 0.25) is 5.28 Å². The van der Waals surface area contributed by atoms with Crippen LogP contribution in [0.3, 0.4) is 0 Å². The Morgan fingerprint density at radius 3 is 2.67 bits per heavy atom. The van der Waals surface area contributed by atoms with E-state index >= 15 is 0 Å². The zero-order valence-electron chi connectivity index (χ0n) is 10.3. The summed E-state index contributed by atoms with van der Waals surface area (Å²) in [6.07, 6.45) is 2.73. The zero-order valence-corrected chi connectivity index (χ0v) is 11.1. The third kappa shape index (κ3) is 3.44. The molecule has 1 heterocycles. The van der Waals surface area contributed by atoms with Gasteiger partial charge < -0.3 is 5.32 Å². The van der Waals surface area contributed by atoms with Crippen molar-refractivity contribution >= 4 is 17.4 Å². The minimum atomic E-state index is 0.271. The van der Waals surface area contributed by atoms with Gasteiger partial charge in [-0.05, 0) is 29.7 Å². The van der Waals surface area contributed by atoms with Gasteiger partial charge >= 0.3 is 0 Å². The van der Waals surface area contributed by atoms with Crippen LogP contribution in [0.15, 0.2) is 42.6 Å². The van der Waals surface area contributed by atoms with Crippen LogP contribution in [0.1, 0.15) is 24.8 Å². The molecule has 1 unspecified atom stereocenters. The van der Waals surface area contributed by atoms with Gasteiger partial charge in [0.2, 0.25) is 5.28 Å². The molecule has 0 fully saturated rings. The fraction of sp³-hybridized carbons (Fsp3) is 0.286. The molecule has 18 heavy (non-hydrogen) atoms. The van der Waals surface area contributed by atoms with Crippen LogP contribution >= 0.6 is 11.6 Å². The van der Waals surface area contributed by atoms with Crippen molar-refractivity contribution in [1.29, 1.82) is 0 Å². The molecule has 0 aliphatic heterocycles. The third-order valence-corrected chi connectivity index (χ3v) is 3.10. The van der Waals surface area contributed by atoms with Crippen molar-refractivity contribution in [3.63, 3.8) is 0 Å². The Kier molecular flexibility index (Phi) is 4.53. The summed E-state index contributed by atoms with van der Waals surface area (Å²) < 4.78 is 0. The number of aromatic nitrogens is 2. The maximum Gasteiger partial charge on any atom is 0.224 e.